The SMILES string of the molecule is CC(C)N(C)C[C@H]1CO[C@]2(COCCN(Cc3ccc(F)cc3)C2)C1. The van der Waals surface area contributed by atoms with E-state index in [1.165, 1.54) is 12.1 Å². The number of hydrogen-bond donors (Lipinski definition) is 0. The molecule has 1 spiro atoms. The van der Waals surface area contributed by atoms with Crippen molar-refractivity contribution in [3.8, 4) is 0 Å². The highest BCUT2D eigenvalue weighted by Gasteiger charge is 2.43. The third kappa shape index (κ3) is 5.00. The van der Waals surface area contributed by atoms with Gasteiger partial charge >= 0.3 is 0 Å². The zero-order valence-corrected chi connectivity index (χ0v) is 15.7. The van der Waals surface area contributed by atoms with Gasteiger partial charge in [0.2, 0.25) is 0 Å². The van der Waals surface area contributed by atoms with Crippen LogP contribution in [0.4, 0.5) is 4.39 Å². The van der Waals surface area contributed by atoms with E-state index in [0.29, 0.717) is 18.6 Å². The van der Waals surface area contributed by atoms with Crippen LogP contribution in [-0.2, 0) is 16.0 Å². The average molecular weight is 350 g/mol. The minimum Gasteiger partial charge on any atom is -0.377 e. The number of hydrogen-bond acceptors (Lipinski definition) is 4. The molecule has 2 aliphatic rings. The maximum Gasteiger partial charge on any atom is 0.123 e. The average Bonchev–Trinajstić information content (AvgIpc) is 2.84. The van der Waals surface area contributed by atoms with Gasteiger partial charge in [-0.1, -0.05) is 12.1 Å². The molecule has 2 atom stereocenters. The highest BCUT2D eigenvalue weighted by atomic mass is 19.1. The Morgan fingerprint density at radius 2 is 2.08 bits per heavy atom. The Labute approximate surface area is 150 Å². The molecule has 1 aromatic rings. The highest BCUT2D eigenvalue weighted by molar-refractivity contribution is 5.16. The normalized spacial score (nSPS) is 28.2. The summed E-state index contributed by atoms with van der Waals surface area (Å²) in [5, 5.41) is 0. The molecule has 2 saturated heterocycles. The quantitative estimate of drug-likeness (QED) is 0.815. The van der Waals surface area contributed by atoms with Crippen molar-refractivity contribution in [1.82, 2.24) is 9.80 Å². The zero-order chi connectivity index (χ0) is 17.9. The lowest BCUT2D eigenvalue weighted by Crippen LogP contribution is -2.44. The second-order valence-electron chi connectivity index (χ2n) is 7.99. The van der Waals surface area contributed by atoms with Gasteiger partial charge in [-0.2, -0.15) is 0 Å². The van der Waals surface area contributed by atoms with E-state index in [1.807, 2.05) is 12.1 Å². The Bertz CT molecular complexity index is 551. The van der Waals surface area contributed by atoms with Crippen LogP contribution >= 0.6 is 0 Å². The van der Waals surface area contributed by atoms with Crippen LogP contribution in [-0.4, -0.2) is 67.9 Å². The third-order valence-electron chi connectivity index (χ3n) is 5.46. The van der Waals surface area contributed by atoms with E-state index in [-0.39, 0.29) is 11.4 Å². The van der Waals surface area contributed by atoms with Crippen LogP contribution in [0.1, 0.15) is 25.8 Å². The molecule has 140 valence electrons. The summed E-state index contributed by atoms with van der Waals surface area (Å²) < 4.78 is 25.3. The topological polar surface area (TPSA) is 24.9 Å². The zero-order valence-electron chi connectivity index (χ0n) is 15.7. The molecule has 0 N–H and O–H groups in total. The first-order chi connectivity index (χ1) is 12.0. The van der Waals surface area contributed by atoms with Crippen molar-refractivity contribution >= 4 is 0 Å². The van der Waals surface area contributed by atoms with E-state index in [1.54, 1.807) is 0 Å². The van der Waals surface area contributed by atoms with Crippen LogP contribution in [0.5, 0.6) is 0 Å². The predicted molar refractivity (Wildman–Crippen MR) is 97.1 cm³/mol. The van der Waals surface area contributed by atoms with Gasteiger partial charge in [0.05, 0.1) is 19.8 Å². The molecule has 5 heteroatoms. The summed E-state index contributed by atoms with van der Waals surface area (Å²) in [5.41, 5.74) is 0.937. The van der Waals surface area contributed by atoms with Gasteiger partial charge in [0.1, 0.15) is 11.4 Å². The Kier molecular flexibility index (Phi) is 6.10. The van der Waals surface area contributed by atoms with Crippen molar-refractivity contribution in [2.24, 2.45) is 5.92 Å². The number of rotatable bonds is 5. The van der Waals surface area contributed by atoms with Gasteiger partial charge in [-0.25, -0.2) is 4.39 Å². The summed E-state index contributed by atoms with van der Waals surface area (Å²) in [6, 6.07) is 7.34. The summed E-state index contributed by atoms with van der Waals surface area (Å²) in [7, 11) is 2.18. The molecule has 0 bridgehead atoms. The molecule has 1 aromatic carbocycles. The maximum atomic E-state index is 13.1. The number of ether oxygens (including phenoxy) is 2. The highest BCUT2D eigenvalue weighted by Crippen LogP contribution is 2.33. The first kappa shape index (κ1) is 18.8. The molecule has 0 radical (unpaired) electrons. The van der Waals surface area contributed by atoms with E-state index < -0.39 is 0 Å². The van der Waals surface area contributed by atoms with Gasteiger partial charge in [0.25, 0.3) is 0 Å². The third-order valence-corrected chi connectivity index (χ3v) is 5.46. The first-order valence-electron chi connectivity index (χ1n) is 9.34. The molecule has 2 fully saturated rings. The molecule has 2 heterocycles. The fourth-order valence-electron chi connectivity index (χ4n) is 3.85. The van der Waals surface area contributed by atoms with E-state index in [4.69, 9.17) is 9.47 Å². The molecule has 0 saturated carbocycles. The summed E-state index contributed by atoms with van der Waals surface area (Å²) in [5.74, 6) is 0.373. The van der Waals surface area contributed by atoms with Crippen molar-refractivity contribution < 1.29 is 13.9 Å². The minimum atomic E-state index is -0.195. The van der Waals surface area contributed by atoms with Crippen molar-refractivity contribution in [2.75, 3.05) is 46.5 Å². The number of halogens is 1. The Hall–Kier alpha value is -1.01. The van der Waals surface area contributed by atoms with Crippen LogP contribution < -0.4 is 0 Å². The fraction of sp³-hybridized carbons (Fsp3) is 0.700. The van der Waals surface area contributed by atoms with Gasteiger partial charge in [-0.3, -0.25) is 4.90 Å². The monoisotopic (exact) mass is 350 g/mol. The predicted octanol–water partition coefficient (Wildman–Crippen LogP) is 2.77. The van der Waals surface area contributed by atoms with E-state index in [0.717, 1.165) is 51.4 Å². The van der Waals surface area contributed by atoms with Crippen molar-refractivity contribution in [1.29, 1.82) is 0 Å². The van der Waals surface area contributed by atoms with E-state index in [2.05, 4.69) is 30.7 Å². The Morgan fingerprint density at radius 3 is 2.80 bits per heavy atom. The molecule has 0 aliphatic carbocycles. The Morgan fingerprint density at radius 1 is 1.32 bits per heavy atom. The van der Waals surface area contributed by atoms with Crippen molar-refractivity contribution in [3.63, 3.8) is 0 Å². The van der Waals surface area contributed by atoms with Gasteiger partial charge in [0, 0.05) is 32.2 Å². The van der Waals surface area contributed by atoms with Crippen molar-refractivity contribution in [2.45, 2.75) is 38.5 Å². The molecular formula is C20H31FN2O2. The molecule has 4 nitrogen and oxygen atoms in total. The molecule has 0 aromatic heterocycles. The molecular weight excluding hydrogens is 319 g/mol. The number of benzene rings is 1. The summed E-state index contributed by atoms with van der Waals surface area (Å²) in [4.78, 5) is 4.77. The van der Waals surface area contributed by atoms with Gasteiger partial charge in [-0.15, -0.1) is 0 Å². The second-order valence-corrected chi connectivity index (χ2v) is 7.99. The van der Waals surface area contributed by atoms with Crippen LogP contribution in [0, 0.1) is 11.7 Å². The van der Waals surface area contributed by atoms with E-state index >= 15 is 0 Å². The lowest BCUT2D eigenvalue weighted by atomic mass is 9.93. The van der Waals surface area contributed by atoms with Gasteiger partial charge in [-0.05, 0) is 50.9 Å². The lowest BCUT2D eigenvalue weighted by Gasteiger charge is -2.31. The largest absolute Gasteiger partial charge is 0.377 e. The summed E-state index contributed by atoms with van der Waals surface area (Å²) in [6.07, 6.45) is 1.05. The molecule has 0 unspecified atom stereocenters. The summed E-state index contributed by atoms with van der Waals surface area (Å²) >= 11 is 0. The molecule has 2 aliphatic heterocycles. The van der Waals surface area contributed by atoms with Crippen LogP contribution in [0.3, 0.4) is 0 Å². The first-order valence-corrected chi connectivity index (χ1v) is 9.34. The van der Waals surface area contributed by atoms with Crippen LogP contribution in [0.2, 0.25) is 0 Å². The van der Waals surface area contributed by atoms with E-state index in [9.17, 15) is 4.39 Å². The second kappa shape index (κ2) is 8.12. The molecule has 25 heavy (non-hydrogen) atoms. The van der Waals surface area contributed by atoms with Crippen molar-refractivity contribution in [3.05, 3.63) is 35.6 Å². The lowest BCUT2D eigenvalue weighted by molar-refractivity contribution is -0.0563. The minimum absolute atomic E-state index is 0.185. The smallest absolute Gasteiger partial charge is 0.123 e. The van der Waals surface area contributed by atoms with Crippen LogP contribution in [0.25, 0.3) is 0 Å². The van der Waals surface area contributed by atoms with Gasteiger partial charge < -0.3 is 14.4 Å². The molecule has 3 rings (SSSR count). The standard InChI is InChI=1S/C20H31FN2O2/c1-16(2)22(3)11-18-10-20(25-13-18)14-23(8-9-24-15-20)12-17-4-6-19(21)7-5-17/h4-7,16,18H,8-15H2,1-3H3/t18-,20+/m0/s1. The van der Waals surface area contributed by atoms with Gasteiger partial charge in [0.15, 0.2) is 0 Å². The number of nitrogens with zero attached hydrogens (tertiary/aromatic N) is 2. The maximum absolute atomic E-state index is 13.1. The molecule has 0 amide bonds. The summed E-state index contributed by atoms with van der Waals surface area (Å²) in [6.45, 7) is 10.3. The Balaban J connectivity index is 1.60. The fourth-order valence-corrected chi connectivity index (χ4v) is 3.85. The van der Waals surface area contributed by atoms with Crippen LogP contribution in [0.15, 0.2) is 24.3 Å².